The van der Waals surface area contributed by atoms with Crippen molar-refractivity contribution in [2.75, 3.05) is 6.54 Å². The number of amides is 2. The summed E-state index contributed by atoms with van der Waals surface area (Å²) in [5.74, 6) is 0.182. The first-order valence-electron chi connectivity index (χ1n) is 6.78. The molecular weight excluding hydrogens is 216 g/mol. The summed E-state index contributed by atoms with van der Waals surface area (Å²) in [6, 6.07) is -0.310. The minimum Gasteiger partial charge on any atom is -0.342 e. The third kappa shape index (κ3) is 1.83. The lowest BCUT2D eigenvalue weighted by molar-refractivity contribution is -0.159. The Balaban J connectivity index is 2.30. The summed E-state index contributed by atoms with van der Waals surface area (Å²) < 4.78 is 0. The van der Waals surface area contributed by atoms with Crippen LogP contribution in [0, 0.1) is 0 Å². The fraction of sp³-hybridized carbons (Fsp3) is 0.846. The average molecular weight is 238 g/mol. The van der Waals surface area contributed by atoms with Crippen LogP contribution in [0.2, 0.25) is 0 Å². The van der Waals surface area contributed by atoms with E-state index in [1.807, 2.05) is 18.7 Å². The molecule has 1 saturated carbocycles. The molecule has 4 heteroatoms. The maximum Gasteiger partial charge on any atom is 0.246 e. The second-order valence-corrected chi connectivity index (χ2v) is 5.11. The molecule has 1 N–H and O–H groups in total. The van der Waals surface area contributed by atoms with Crippen molar-refractivity contribution in [2.24, 2.45) is 0 Å². The molecule has 0 aromatic heterocycles. The highest BCUT2D eigenvalue weighted by Crippen LogP contribution is 2.36. The van der Waals surface area contributed by atoms with Crippen LogP contribution in [0.4, 0.5) is 0 Å². The summed E-state index contributed by atoms with van der Waals surface area (Å²) in [4.78, 5) is 26.5. The summed E-state index contributed by atoms with van der Waals surface area (Å²) in [5, 5.41) is 2.91. The zero-order chi connectivity index (χ0) is 12.5. The summed E-state index contributed by atoms with van der Waals surface area (Å²) in [5.41, 5.74) is -0.532. The van der Waals surface area contributed by atoms with E-state index < -0.39 is 5.54 Å². The molecule has 1 saturated heterocycles. The van der Waals surface area contributed by atoms with Gasteiger partial charge in [-0.05, 0) is 26.2 Å². The number of nitrogens with zero attached hydrogens (tertiary/aromatic N) is 1. The largest absolute Gasteiger partial charge is 0.342 e. The van der Waals surface area contributed by atoms with E-state index in [1.54, 1.807) is 0 Å². The van der Waals surface area contributed by atoms with E-state index in [4.69, 9.17) is 0 Å². The second-order valence-electron chi connectivity index (χ2n) is 5.11. The predicted molar refractivity (Wildman–Crippen MR) is 65.4 cm³/mol. The Hall–Kier alpha value is -1.06. The molecule has 1 atom stereocenters. The van der Waals surface area contributed by atoms with Crippen molar-refractivity contribution in [3.63, 3.8) is 0 Å². The van der Waals surface area contributed by atoms with Gasteiger partial charge in [0, 0.05) is 6.54 Å². The van der Waals surface area contributed by atoms with Crippen LogP contribution in [0.5, 0.6) is 0 Å². The van der Waals surface area contributed by atoms with E-state index in [2.05, 4.69) is 5.32 Å². The monoisotopic (exact) mass is 238 g/mol. The molecule has 4 nitrogen and oxygen atoms in total. The highest BCUT2D eigenvalue weighted by atomic mass is 16.2. The fourth-order valence-corrected chi connectivity index (χ4v) is 3.24. The summed E-state index contributed by atoms with van der Waals surface area (Å²) in [6.07, 6.45) is 5.61. The van der Waals surface area contributed by atoms with Crippen LogP contribution in [-0.2, 0) is 9.59 Å². The minimum atomic E-state index is -0.532. The lowest BCUT2D eigenvalue weighted by Crippen LogP contribution is -2.70. The fourth-order valence-electron chi connectivity index (χ4n) is 3.24. The van der Waals surface area contributed by atoms with E-state index in [1.165, 1.54) is 6.42 Å². The summed E-state index contributed by atoms with van der Waals surface area (Å²) in [6.45, 7) is 4.55. The highest BCUT2D eigenvalue weighted by Gasteiger charge is 2.51. The Morgan fingerprint density at radius 1 is 1.24 bits per heavy atom. The Labute approximate surface area is 103 Å². The minimum absolute atomic E-state index is 0.0745. The molecule has 1 heterocycles. The van der Waals surface area contributed by atoms with Crippen molar-refractivity contribution < 1.29 is 9.59 Å². The van der Waals surface area contributed by atoms with E-state index in [0.717, 1.165) is 25.7 Å². The van der Waals surface area contributed by atoms with Crippen molar-refractivity contribution in [1.29, 1.82) is 0 Å². The van der Waals surface area contributed by atoms with Gasteiger partial charge in [-0.2, -0.15) is 0 Å². The van der Waals surface area contributed by atoms with E-state index in [9.17, 15) is 9.59 Å². The Morgan fingerprint density at radius 3 is 2.41 bits per heavy atom. The first-order chi connectivity index (χ1) is 8.15. The van der Waals surface area contributed by atoms with Crippen LogP contribution in [0.25, 0.3) is 0 Å². The molecule has 0 aromatic rings. The first-order valence-corrected chi connectivity index (χ1v) is 6.78. The zero-order valence-corrected chi connectivity index (χ0v) is 10.8. The second kappa shape index (κ2) is 4.67. The maximum absolute atomic E-state index is 12.4. The molecule has 0 radical (unpaired) electrons. The molecule has 1 unspecified atom stereocenters. The van der Waals surface area contributed by atoms with Crippen molar-refractivity contribution in [3.8, 4) is 0 Å². The maximum atomic E-state index is 12.4. The molecular formula is C13H22N2O2. The van der Waals surface area contributed by atoms with Gasteiger partial charge >= 0.3 is 0 Å². The van der Waals surface area contributed by atoms with Gasteiger partial charge in [-0.1, -0.05) is 26.2 Å². The molecule has 2 rings (SSSR count). The lowest BCUT2D eigenvalue weighted by Gasteiger charge is -2.49. The van der Waals surface area contributed by atoms with Crippen LogP contribution in [0.1, 0.15) is 52.4 Å². The van der Waals surface area contributed by atoms with Crippen molar-refractivity contribution >= 4 is 11.8 Å². The molecule has 2 aliphatic rings. The molecule has 96 valence electrons. The predicted octanol–water partition coefficient (Wildman–Crippen LogP) is 1.45. The van der Waals surface area contributed by atoms with E-state index in [0.29, 0.717) is 13.0 Å². The molecule has 1 aliphatic carbocycles. The highest BCUT2D eigenvalue weighted by molar-refractivity contribution is 5.99. The Bertz CT molecular complexity index is 321. The van der Waals surface area contributed by atoms with Gasteiger partial charge in [0.15, 0.2) is 0 Å². The quantitative estimate of drug-likeness (QED) is 0.791. The number of rotatable bonds is 2. The number of likely N-dealkylation sites (N-methyl/N-ethyl adjacent to an activating group) is 1. The molecule has 0 aromatic carbocycles. The van der Waals surface area contributed by atoms with Gasteiger partial charge in [-0.15, -0.1) is 0 Å². The van der Waals surface area contributed by atoms with Crippen LogP contribution in [0.15, 0.2) is 0 Å². The van der Waals surface area contributed by atoms with Crippen LogP contribution < -0.4 is 5.32 Å². The molecule has 2 amide bonds. The van der Waals surface area contributed by atoms with Crippen molar-refractivity contribution in [1.82, 2.24) is 10.2 Å². The smallest absolute Gasteiger partial charge is 0.246 e. The Morgan fingerprint density at radius 2 is 1.88 bits per heavy atom. The van der Waals surface area contributed by atoms with Gasteiger partial charge in [-0.25, -0.2) is 0 Å². The van der Waals surface area contributed by atoms with E-state index in [-0.39, 0.29) is 17.9 Å². The number of hydrogen-bond donors (Lipinski definition) is 1. The van der Waals surface area contributed by atoms with Crippen molar-refractivity contribution in [3.05, 3.63) is 0 Å². The van der Waals surface area contributed by atoms with Crippen LogP contribution >= 0.6 is 0 Å². The first kappa shape index (κ1) is 12.4. The molecule has 1 spiro atoms. The number of piperazine rings is 1. The van der Waals surface area contributed by atoms with Gasteiger partial charge in [0.25, 0.3) is 0 Å². The zero-order valence-electron chi connectivity index (χ0n) is 10.8. The number of carbonyl (C=O) groups excluding carboxylic acids is 2. The van der Waals surface area contributed by atoms with Gasteiger partial charge in [0.2, 0.25) is 11.8 Å². The Kier molecular flexibility index (Phi) is 3.40. The topological polar surface area (TPSA) is 49.4 Å². The van der Waals surface area contributed by atoms with Crippen molar-refractivity contribution in [2.45, 2.75) is 64.0 Å². The number of carbonyl (C=O) groups is 2. The van der Waals surface area contributed by atoms with Gasteiger partial charge < -0.3 is 10.2 Å². The molecule has 17 heavy (non-hydrogen) atoms. The van der Waals surface area contributed by atoms with Gasteiger partial charge in [-0.3, -0.25) is 9.59 Å². The lowest BCUT2D eigenvalue weighted by atomic mass is 9.77. The number of nitrogens with one attached hydrogen (secondary N) is 1. The van der Waals surface area contributed by atoms with Crippen LogP contribution in [-0.4, -0.2) is 34.8 Å². The third-order valence-electron chi connectivity index (χ3n) is 4.21. The SMILES string of the molecule is CCC1NC(=O)C2(CCCCC2)N(CC)C1=O. The molecule has 0 bridgehead atoms. The third-order valence-corrected chi connectivity index (χ3v) is 4.21. The summed E-state index contributed by atoms with van der Waals surface area (Å²) >= 11 is 0. The van der Waals surface area contributed by atoms with Gasteiger partial charge in [0.1, 0.15) is 11.6 Å². The summed E-state index contributed by atoms with van der Waals surface area (Å²) in [7, 11) is 0. The van der Waals surface area contributed by atoms with E-state index >= 15 is 0 Å². The number of hydrogen-bond acceptors (Lipinski definition) is 2. The standard InChI is InChI=1S/C13H22N2O2/c1-3-10-11(16)15(4-2)13(12(17)14-10)8-6-5-7-9-13/h10H,3-9H2,1-2H3,(H,14,17). The molecule has 1 aliphatic heterocycles. The normalized spacial score (nSPS) is 28.4. The van der Waals surface area contributed by atoms with Gasteiger partial charge in [0.05, 0.1) is 0 Å². The van der Waals surface area contributed by atoms with Crippen LogP contribution in [0.3, 0.4) is 0 Å². The average Bonchev–Trinajstić information content (AvgIpc) is 2.36. The molecule has 2 fully saturated rings.